The van der Waals surface area contributed by atoms with Crippen molar-refractivity contribution in [3.8, 4) is 45.5 Å². The molecule has 0 saturated heterocycles. The standard InChI is InChI=1S/C43H40N6O9/c1-6-42(54,7-2)40(53)45-25-16-19-11-14-27-24(15-19)43-23-10-8-9-21(30(23)49-41(43)56-27)20-12-13-26(50)31-28(20)22(17-44-31)34-32(39(52)55-5)47-38(57-34)33-35(43)58-37(48-33)29(18(3)4)46-36(25)51/h8-15,17-18,25,29,41,44,49-50,54H,6-7,16H2,1-5H3,(H,45,53)(H,46,51)/t25-,29-,41?,43-/m0/s1. The van der Waals surface area contributed by atoms with E-state index in [-0.39, 0.29) is 59.9 Å². The average Bonchev–Trinajstić information content (AvgIpc) is 4.05. The van der Waals surface area contributed by atoms with E-state index >= 15 is 0 Å². The summed E-state index contributed by atoms with van der Waals surface area (Å²) in [5, 5.41) is 32.4. The van der Waals surface area contributed by atoms with Gasteiger partial charge in [0.05, 0.1) is 12.6 Å². The second-order valence-corrected chi connectivity index (χ2v) is 15.7. The summed E-state index contributed by atoms with van der Waals surface area (Å²) in [5.41, 5.74) is 2.44. The van der Waals surface area contributed by atoms with E-state index in [9.17, 15) is 24.6 Å². The molecule has 3 aromatic carbocycles. The average molecular weight is 785 g/mol. The van der Waals surface area contributed by atoms with E-state index in [0.29, 0.717) is 39.1 Å². The topological polar surface area (TPSA) is 214 Å². The second kappa shape index (κ2) is 12.4. The number of amides is 2. The quantitative estimate of drug-likeness (QED) is 0.110. The van der Waals surface area contributed by atoms with Gasteiger partial charge in [0.15, 0.2) is 29.1 Å². The molecular formula is C43H40N6O9. The number of esters is 1. The van der Waals surface area contributed by atoms with Gasteiger partial charge < -0.3 is 49.5 Å². The van der Waals surface area contributed by atoms with Crippen LogP contribution in [0.5, 0.6) is 11.5 Å². The number of nitrogens with one attached hydrogen (secondary N) is 4. The fourth-order valence-corrected chi connectivity index (χ4v) is 9.09. The van der Waals surface area contributed by atoms with Crippen LogP contribution in [-0.2, 0) is 26.2 Å². The Balaban J connectivity index is 1.30. The van der Waals surface area contributed by atoms with Crippen molar-refractivity contribution in [3.63, 3.8) is 0 Å². The largest absolute Gasteiger partial charge is 0.506 e. The number of carbonyl (C=O) groups excluding carboxylic acids is 3. The van der Waals surface area contributed by atoms with E-state index in [1.54, 1.807) is 26.1 Å². The summed E-state index contributed by atoms with van der Waals surface area (Å²) < 4.78 is 25.6. The molecule has 1 spiro atoms. The van der Waals surface area contributed by atoms with Gasteiger partial charge in [0.2, 0.25) is 17.7 Å². The smallest absolute Gasteiger partial charge is 0.360 e. The van der Waals surface area contributed by atoms with Crippen LogP contribution in [0.25, 0.3) is 44.9 Å². The highest BCUT2D eigenvalue weighted by Crippen LogP contribution is 2.61. The number of anilines is 1. The number of ether oxygens (including phenoxy) is 2. The number of hydrogen-bond donors (Lipinski definition) is 6. The Kier molecular flexibility index (Phi) is 7.68. The molecule has 0 aliphatic carbocycles. The Morgan fingerprint density at radius 3 is 2.60 bits per heavy atom. The number of phenolic OH excluding ortho intramolecular Hbond substituents is 1. The molecule has 3 aromatic heterocycles. The summed E-state index contributed by atoms with van der Waals surface area (Å²) in [6.07, 6.45) is 1.27. The molecule has 15 nitrogen and oxygen atoms in total. The number of hydrogen-bond acceptors (Lipinski definition) is 12. The van der Waals surface area contributed by atoms with Crippen molar-refractivity contribution >= 4 is 34.4 Å². The molecular weight excluding hydrogens is 745 g/mol. The normalized spacial score (nSPS) is 21.0. The summed E-state index contributed by atoms with van der Waals surface area (Å²) in [4.78, 5) is 54.5. The number of rotatable bonds is 6. The molecule has 6 aromatic rings. The van der Waals surface area contributed by atoms with E-state index in [1.165, 1.54) is 7.11 Å². The molecule has 2 amide bonds. The maximum Gasteiger partial charge on any atom is 0.360 e. The van der Waals surface area contributed by atoms with Crippen molar-refractivity contribution in [3.05, 3.63) is 88.8 Å². The summed E-state index contributed by atoms with van der Waals surface area (Å²) in [6.45, 7) is 7.26. The molecule has 0 radical (unpaired) electrons. The van der Waals surface area contributed by atoms with Crippen molar-refractivity contribution < 1.29 is 42.9 Å². The van der Waals surface area contributed by atoms with Gasteiger partial charge in [-0.1, -0.05) is 58.0 Å². The Hall–Kier alpha value is -6.61. The van der Waals surface area contributed by atoms with Crippen LogP contribution in [0, 0.1) is 5.92 Å². The molecule has 0 saturated carbocycles. The third-order valence-electron chi connectivity index (χ3n) is 12.3. The van der Waals surface area contributed by atoms with E-state index in [4.69, 9.17) is 28.3 Å². The number of aromatic amines is 1. The Bertz CT molecular complexity index is 2740. The monoisotopic (exact) mass is 784 g/mol. The van der Waals surface area contributed by atoms with Crippen molar-refractivity contribution in [1.82, 2.24) is 25.6 Å². The van der Waals surface area contributed by atoms with Gasteiger partial charge in [0.1, 0.15) is 34.6 Å². The Labute approximate surface area is 331 Å². The van der Waals surface area contributed by atoms with E-state index < -0.39 is 47.1 Å². The maximum absolute atomic E-state index is 14.4. The molecule has 1 unspecified atom stereocenters. The molecule has 10 rings (SSSR count). The number of benzene rings is 3. The lowest BCUT2D eigenvalue weighted by Crippen LogP contribution is -2.55. The predicted octanol–water partition coefficient (Wildman–Crippen LogP) is 5.83. The van der Waals surface area contributed by atoms with Crippen molar-refractivity contribution in [2.24, 2.45) is 5.92 Å². The summed E-state index contributed by atoms with van der Waals surface area (Å²) in [5.74, 6) is -1.17. The minimum absolute atomic E-state index is 0.00518. The zero-order chi connectivity index (χ0) is 40.4. The first-order chi connectivity index (χ1) is 27.9. The van der Waals surface area contributed by atoms with Gasteiger partial charge in [-0.05, 0) is 48.1 Å². The molecule has 10 bridgehead atoms. The molecule has 15 heteroatoms. The van der Waals surface area contributed by atoms with E-state index in [2.05, 4.69) is 20.9 Å². The number of aromatic nitrogens is 3. The Morgan fingerprint density at radius 1 is 1.03 bits per heavy atom. The van der Waals surface area contributed by atoms with Crippen LogP contribution in [0.4, 0.5) is 5.69 Å². The highest BCUT2D eigenvalue weighted by Gasteiger charge is 2.62. The first kappa shape index (κ1) is 35.8. The van der Waals surface area contributed by atoms with Crippen LogP contribution < -0.4 is 20.7 Å². The van der Waals surface area contributed by atoms with Crippen molar-refractivity contribution in [1.29, 1.82) is 0 Å². The van der Waals surface area contributed by atoms with Crippen molar-refractivity contribution in [2.45, 2.75) is 76.3 Å². The fourth-order valence-electron chi connectivity index (χ4n) is 9.09. The lowest BCUT2D eigenvalue weighted by atomic mass is 9.72. The SMILES string of the molecule is CCC(O)(CC)C(=O)N[C@H]1Cc2ccc3c(c2)[C@]24c5cccc(c5NC2O3)-c2ccc(O)c3[nH]cc(c23)-c2oc(nc2C(=O)OC)-c2nc(oc24)[C@H](C(C)C)NC1=O. The summed E-state index contributed by atoms with van der Waals surface area (Å²) in [7, 11) is 1.25. The molecule has 0 fully saturated rings. The molecule has 4 atom stereocenters. The van der Waals surface area contributed by atoms with Crippen LogP contribution in [0.15, 0.2) is 63.6 Å². The van der Waals surface area contributed by atoms with E-state index in [0.717, 1.165) is 22.4 Å². The lowest BCUT2D eigenvalue weighted by molar-refractivity contribution is -0.143. The zero-order valence-corrected chi connectivity index (χ0v) is 32.3. The number of H-pyrrole nitrogens is 1. The number of aliphatic hydroxyl groups is 1. The van der Waals surface area contributed by atoms with Gasteiger partial charge >= 0.3 is 5.97 Å². The second-order valence-electron chi connectivity index (χ2n) is 15.7. The van der Waals surface area contributed by atoms with Crippen LogP contribution in [0.2, 0.25) is 0 Å². The number of aromatic hydroxyl groups is 1. The van der Waals surface area contributed by atoms with Crippen LogP contribution in [0.3, 0.4) is 0 Å². The van der Waals surface area contributed by atoms with Crippen LogP contribution >= 0.6 is 0 Å². The summed E-state index contributed by atoms with van der Waals surface area (Å²) in [6, 6.07) is 13.1. The first-order valence-corrected chi connectivity index (χ1v) is 19.4. The number of methoxy groups -OCH3 is 1. The minimum atomic E-state index is -1.67. The van der Waals surface area contributed by atoms with Gasteiger partial charge in [-0.25, -0.2) is 9.78 Å². The molecule has 4 aliphatic rings. The molecule has 296 valence electrons. The van der Waals surface area contributed by atoms with Gasteiger partial charge in [-0.2, -0.15) is 4.98 Å². The number of oxazole rings is 2. The number of para-hydroxylation sites is 1. The fraction of sp³-hybridized carbons (Fsp3) is 0.326. The molecule has 7 heterocycles. The van der Waals surface area contributed by atoms with Gasteiger partial charge in [-0.3, -0.25) is 9.59 Å². The maximum atomic E-state index is 14.4. The molecule has 58 heavy (non-hydrogen) atoms. The molecule has 6 N–H and O–H groups in total. The number of phenols is 1. The lowest BCUT2D eigenvalue weighted by Gasteiger charge is -2.30. The highest BCUT2D eigenvalue weighted by atomic mass is 16.5. The van der Waals surface area contributed by atoms with Gasteiger partial charge in [-0.15, -0.1) is 0 Å². The number of fused-ring (bicyclic) bond motifs is 7. The number of nitrogens with zero attached hydrogens (tertiary/aromatic N) is 2. The van der Waals surface area contributed by atoms with Gasteiger partial charge in [0.25, 0.3) is 5.91 Å². The van der Waals surface area contributed by atoms with E-state index in [1.807, 2.05) is 56.3 Å². The van der Waals surface area contributed by atoms with Crippen LogP contribution in [0.1, 0.15) is 85.4 Å². The first-order valence-electron chi connectivity index (χ1n) is 19.4. The van der Waals surface area contributed by atoms with Crippen molar-refractivity contribution in [2.75, 3.05) is 12.4 Å². The Morgan fingerprint density at radius 2 is 1.84 bits per heavy atom. The zero-order valence-electron chi connectivity index (χ0n) is 32.3. The predicted molar refractivity (Wildman–Crippen MR) is 209 cm³/mol. The summed E-state index contributed by atoms with van der Waals surface area (Å²) >= 11 is 0. The van der Waals surface area contributed by atoms with Crippen LogP contribution in [-0.4, -0.2) is 67.9 Å². The third-order valence-corrected chi connectivity index (χ3v) is 12.3. The highest BCUT2D eigenvalue weighted by molar-refractivity contribution is 6.11. The minimum Gasteiger partial charge on any atom is -0.506 e. The molecule has 4 aliphatic heterocycles. The number of carbonyl (C=O) groups is 3. The van der Waals surface area contributed by atoms with Gasteiger partial charge in [0, 0.05) is 45.9 Å². The third kappa shape index (κ3) is 4.73.